The highest BCUT2D eigenvalue weighted by Crippen LogP contribution is 2.25. The van der Waals surface area contributed by atoms with E-state index in [1.54, 1.807) is 27.0 Å². The predicted octanol–water partition coefficient (Wildman–Crippen LogP) is 5.31. The molecule has 9 nitrogen and oxygen atoms in total. The first-order valence-electron chi connectivity index (χ1n) is 12.1. The van der Waals surface area contributed by atoms with Gasteiger partial charge in [-0.05, 0) is 31.1 Å². The minimum absolute atomic E-state index is 0.220. The fourth-order valence-corrected chi connectivity index (χ4v) is 3.98. The number of carbonyl (C=O) groups is 4. The number of rotatable bonds is 12. The van der Waals surface area contributed by atoms with Crippen LogP contribution in [0, 0.1) is 0 Å². The molecule has 0 bridgehead atoms. The zero-order valence-electron chi connectivity index (χ0n) is 22.5. The lowest BCUT2D eigenvalue weighted by molar-refractivity contribution is -0.127. The van der Waals surface area contributed by atoms with Crippen LogP contribution in [0.3, 0.4) is 0 Å². The highest BCUT2D eigenvalue weighted by Gasteiger charge is 2.35. The number of carbonyl (C=O) groups excluding carboxylic acids is 4. The monoisotopic (exact) mass is 540 g/mol. The van der Waals surface area contributed by atoms with Gasteiger partial charge in [0.2, 0.25) is 12.3 Å². The van der Waals surface area contributed by atoms with Crippen LogP contribution in [0.4, 0.5) is 9.93 Å². The smallest absolute Gasteiger partial charge is 0.324 e. The number of anilines is 1. The highest BCUT2D eigenvalue weighted by molar-refractivity contribution is 7.14. The van der Waals surface area contributed by atoms with Crippen LogP contribution < -0.4 is 10.6 Å². The Labute approximate surface area is 228 Å². The van der Waals surface area contributed by atoms with Crippen molar-refractivity contribution >= 4 is 40.6 Å². The van der Waals surface area contributed by atoms with Crippen molar-refractivity contribution in [2.75, 3.05) is 19.0 Å². The molecule has 4 amide bonds. The van der Waals surface area contributed by atoms with Crippen molar-refractivity contribution in [1.29, 1.82) is 0 Å². The lowest BCUT2D eigenvalue weighted by Gasteiger charge is -2.30. The van der Waals surface area contributed by atoms with Crippen LogP contribution in [0.1, 0.15) is 56.1 Å². The molecule has 38 heavy (non-hydrogen) atoms. The number of urea groups is 1. The zero-order valence-corrected chi connectivity index (χ0v) is 23.3. The number of methoxy groups -OCH3 is 1. The second-order valence-corrected chi connectivity index (χ2v) is 8.75. The van der Waals surface area contributed by atoms with Gasteiger partial charge < -0.3 is 15.4 Å². The number of benzene rings is 1. The molecule has 2 unspecified atom stereocenters. The fourth-order valence-electron chi connectivity index (χ4n) is 3.23. The van der Waals surface area contributed by atoms with E-state index < -0.39 is 23.9 Å². The van der Waals surface area contributed by atoms with Crippen LogP contribution >= 0.6 is 11.3 Å². The first-order chi connectivity index (χ1) is 18.2. The molecule has 1 aromatic heterocycles. The average Bonchev–Trinajstić information content (AvgIpc) is 3.39. The first-order valence-corrected chi connectivity index (χ1v) is 13.0. The summed E-state index contributed by atoms with van der Waals surface area (Å²) < 4.78 is 5.00. The first kappa shape index (κ1) is 32.0. The van der Waals surface area contributed by atoms with E-state index in [0.717, 1.165) is 34.0 Å². The number of Topliss-reactive ketones (excluding diaryl/α,β-unsaturated/α-hetero) is 1. The van der Waals surface area contributed by atoms with E-state index in [2.05, 4.69) is 29.1 Å². The van der Waals surface area contributed by atoms with Gasteiger partial charge in [-0.3, -0.25) is 19.3 Å². The molecule has 2 N–H and O–H groups in total. The third-order valence-corrected chi connectivity index (χ3v) is 5.93. The van der Waals surface area contributed by atoms with E-state index in [4.69, 9.17) is 4.74 Å². The summed E-state index contributed by atoms with van der Waals surface area (Å²) in [7, 11) is 1.65. The summed E-state index contributed by atoms with van der Waals surface area (Å²) in [6.07, 6.45) is 8.88. The maximum Gasteiger partial charge on any atom is 0.324 e. The minimum atomic E-state index is -1.10. The van der Waals surface area contributed by atoms with E-state index in [1.165, 1.54) is 12.3 Å². The number of ketones is 1. The normalized spacial score (nSPS) is 12.4. The predicted molar refractivity (Wildman–Crippen MR) is 151 cm³/mol. The van der Waals surface area contributed by atoms with Crippen molar-refractivity contribution in [3.8, 4) is 0 Å². The number of hydrogen-bond donors (Lipinski definition) is 2. The zero-order chi connectivity index (χ0) is 28.5. The second-order valence-electron chi connectivity index (χ2n) is 7.90. The van der Waals surface area contributed by atoms with Crippen LogP contribution in [0.2, 0.25) is 0 Å². The molecule has 2 rings (SSSR count). The van der Waals surface area contributed by atoms with Gasteiger partial charge in [0.1, 0.15) is 17.5 Å². The van der Waals surface area contributed by atoms with Gasteiger partial charge in [-0.15, -0.1) is 11.3 Å². The van der Waals surface area contributed by atoms with Gasteiger partial charge in [-0.1, -0.05) is 62.9 Å². The third-order valence-electron chi connectivity index (χ3n) is 5.17. The van der Waals surface area contributed by atoms with Gasteiger partial charge in [-0.2, -0.15) is 0 Å². The number of nitrogens with zero attached hydrogens (tertiary/aromatic N) is 2. The second kappa shape index (κ2) is 17.4. The fraction of sp³-hybridized carbons (Fsp3) is 0.321. The SMILES string of the molecule is C=C/C=C(\C=C/CC)OC.CCNC(=O)N(C=O)C(C(=O)Nc1nc(C(C)=O)cs1)C(C)c1ccccc1. The van der Waals surface area contributed by atoms with E-state index in [1.807, 2.05) is 48.6 Å². The lowest BCUT2D eigenvalue weighted by atomic mass is 9.92. The maximum atomic E-state index is 13.0. The Morgan fingerprint density at radius 2 is 1.89 bits per heavy atom. The number of allylic oxidation sites excluding steroid dienone is 4. The topological polar surface area (TPSA) is 118 Å². The molecule has 1 aromatic carbocycles. The molecule has 0 fully saturated rings. The molecule has 0 saturated carbocycles. The number of amides is 4. The summed E-state index contributed by atoms with van der Waals surface area (Å²) in [6.45, 7) is 10.8. The van der Waals surface area contributed by atoms with Gasteiger partial charge in [0.15, 0.2) is 10.9 Å². The molecular weight excluding hydrogens is 504 g/mol. The van der Waals surface area contributed by atoms with Crippen LogP contribution in [-0.4, -0.2) is 53.7 Å². The Kier molecular flexibility index (Phi) is 14.7. The van der Waals surface area contributed by atoms with E-state index in [-0.39, 0.29) is 16.6 Å². The maximum absolute atomic E-state index is 13.0. The van der Waals surface area contributed by atoms with Crippen molar-refractivity contribution < 1.29 is 23.9 Å². The molecule has 2 aromatic rings. The summed E-state index contributed by atoms with van der Waals surface area (Å²) in [6, 6.07) is 7.35. The molecule has 204 valence electrons. The van der Waals surface area contributed by atoms with Crippen molar-refractivity contribution in [3.05, 3.63) is 83.6 Å². The molecule has 0 spiro atoms. The largest absolute Gasteiger partial charge is 0.497 e. The Balaban J connectivity index is 0.000000612. The molecular formula is C28H36N4O5S. The molecule has 10 heteroatoms. The standard InChI is InChI=1S/C19H22N4O4S.C9H14O/c1-4-20-19(27)23(11-24)16(12(2)14-8-6-5-7-9-14)17(26)22-18-21-15(10-28-18)13(3)25;1-4-6-8-9(10-3)7-5-2/h5-12,16H,4H2,1-3H3,(H,20,27)(H,21,22,26);5-8H,2,4H2,1,3H3/b;8-6-,9-7+. The molecule has 2 atom stereocenters. The van der Waals surface area contributed by atoms with Crippen molar-refractivity contribution in [2.24, 2.45) is 0 Å². The molecule has 0 radical (unpaired) electrons. The summed E-state index contributed by atoms with van der Waals surface area (Å²) in [5.41, 5.74) is 1.03. The average molecular weight is 541 g/mol. The lowest BCUT2D eigenvalue weighted by Crippen LogP contribution is -2.52. The Morgan fingerprint density at radius 1 is 1.21 bits per heavy atom. The Morgan fingerprint density at radius 3 is 2.39 bits per heavy atom. The van der Waals surface area contributed by atoms with Crippen molar-refractivity contribution in [2.45, 2.75) is 46.1 Å². The summed E-state index contributed by atoms with van der Waals surface area (Å²) in [4.78, 5) is 53.3. The van der Waals surface area contributed by atoms with Crippen molar-refractivity contribution in [3.63, 3.8) is 0 Å². The van der Waals surface area contributed by atoms with Crippen molar-refractivity contribution in [1.82, 2.24) is 15.2 Å². The van der Waals surface area contributed by atoms with E-state index in [0.29, 0.717) is 13.0 Å². The molecule has 0 aliphatic heterocycles. The number of ether oxygens (including phenoxy) is 1. The van der Waals surface area contributed by atoms with Gasteiger partial charge in [0.05, 0.1) is 7.11 Å². The number of hydrogen-bond acceptors (Lipinski definition) is 7. The van der Waals surface area contributed by atoms with Crippen LogP contribution in [0.15, 0.2) is 72.4 Å². The quantitative estimate of drug-likeness (QED) is 0.163. The number of imide groups is 1. The molecule has 1 heterocycles. The Hall–Kier alpha value is -4.05. The van der Waals surface area contributed by atoms with E-state index in [9.17, 15) is 19.2 Å². The third kappa shape index (κ3) is 10.1. The highest BCUT2D eigenvalue weighted by atomic mass is 32.1. The number of aromatic nitrogens is 1. The summed E-state index contributed by atoms with van der Waals surface area (Å²) in [5, 5.41) is 6.92. The molecule has 0 saturated heterocycles. The van der Waals surface area contributed by atoms with Crippen LogP contribution in [-0.2, 0) is 14.3 Å². The van der Waals surface area contributed by atoms with E-state index >= 15 is 0 Å². The van der Waals surface area contributed by atoms with Gasteiger partial charge in [-0.25, -0.2) is 9.78 Å². The number of thiazole rings is 1. The van der Waals surface area contributed by atoms with Crippen LogP contribution in [0.25, 0.3) is 0 Å². The van der Waals surface area contributed by atoms with Crippen LogP contribution in [0.5, 0.6) is 0 Å². The van der Waals surface area contributed by atoms with Gasteiger partial charge in [0, 0.05) is 24.8 Å². The summed E-state index contributed by atoms with van der Waals surface area (Å²) >= 11 is 1.10. The van der Waals surface area contributed by atoms with Gasteiger partial charge >= 0.3 is 6.03 Å². The number of nitrogens with one attached hydrogen (secondary N) is 2. The molecule has 0 aliphatic carbocycles. The summed E-state index contributed by atoms with van der Waals surface area (Å²) in [5.74, 6) is -0.417. The minimum Gasteiger partial charge on any atom is -0.497 e. The molecule has 0 aliphatic rings. The van der Waals surface area contributed by atoms with Gasteiger partial charge in [0.25, 0.3) is 0 Å². The Bertz CT molecular complexity index is 1130.